The molecule has 1 aliphatic carbocycles. The number of aromatic nitrogens is 3. The van der Waals surface area contributed by atoms with Crippen molar-refractivity contribution in [1.82, 2.24) is 20.1 Å². The van der Waals surface area contributed by atoms with Gasteiger partial charge >= 0.3 is 0 Å². The Kier molecular flexibility index (Phi) is 5.13. The van der Waals surface area contributed by atoms with Gasteiger partial charge in [0.25, 0.3) is 5.91 Å². The summed E-state index contributed by atoms with van der Waals surface area (Å²) < 4.78 is 7.75. The molecule has 0 aromatic carbocycles. The third kappa shape index (κ3) is 4.13. The number of carbonyl (C=O) groups is 1. The van der Waals surface area contributed by atoms with Crippen LogP contribution in [0.4, 0.5) is 0 Å². The minimum atomic E-state index is -0.116. The number of pyridine rings is 1. The quantitative estimate of drug-likeness (QED) is 0.885. The lowest BCUT2D eigenvalue weighted by Crippen LogP contribution is -2.28. The van der Waals surface area contributed by atoms with Crippen molar-refractivity contribution in [3.05, 3.63) is 41.3 Å². The van der Waals surface area contributed by atoms with E-state index in [2.05, 4.69) is 15.4 Å². The second-order valence-electron chi connectivity index (χ2n) is 6.31. The predicted molar refractivity (Wildman–Crippen MR) is 91.2 cm³/mol. The number of amides is 1. The Morgan fingerprint density at radius 2 is 2.12 bits per heavy atom. The first-order valence-corrected chi connectivity index (χ1v) is 8.54. The summed E-state index contributed by atoms with van der Waals surface area (Å²) in [5.41, 5.74) is 2.66. The summed E-state index contributed by atoms with van der Waals surface area (Å²) in [7, 11) is 0. The molecule has 0 spiro atoms. The average molecular weight is 328 g/mol. The summed E-state index contributed by atoms with van der Waals surface area (Å²) in [6, 6.07) is 5.45. The smallest absolute Gasteiger partial charge is 0.251 e. The van der Waals surface area contributed by atoms with E-state index in [0.29, 0.717) is 24.5 Å². The van der Waals surface area contributed by atoms with E-state index in [1.165, 1.54) is 12.8 Å². The van der Waals surface area contributed by atoms with Crippen molar-refractivity contribution >= 4 is 5.91 Å². The number of nitrogens with one attached hydrogen (secondary N) is 1. The second kappa shape index (κ2) is 7.47. The first kappa shape index (κ1) is 16.5. The lowest BCUT2D eigenvalue weighted by molar-refractivity contribution is 0.0950. The molecule has 2 aromatic rings. The van der Waals surface area contributed by atoms with Crippen LogP contribution in [0, 0.1) is 13.8 Å². The van der Waals surface area contributed by atoms with E-state index in [0.717, 1.165) is 24.2 Å². The number of carbonyl (C=O) groups excluding carboxylic acids is 1. The molecule has 0 unspecified atom stereocenters. The van der Waals surface area contributed by atoms with Crippen molar-refractivity contribution in [2.24, 2.45) is 0 Å². The molecular formula is C18H24N4O2. The van der Waals surface area contributed by atoms with Crippen LogP contribution in [0.2, 0.25) is 0 Å². The van der Waals surface area contributed by atoms with Crippen molar-refractivity contribution in [2.75, 3.05) is 6.54 Å². The highest BCUT2D eigenvalue weighted by molar-refractivity contribution is 5.94. The second-order valence-corrected chi connectivity index (χ2v) is 6.31. The van der Waals surface area contributed by atoms with E-state index in [1.54, 1.807) is 18.3 Å². The number of aryl methyl sites for hydroxylation is 2. The summed E-state index contributed by atoms with van der Waals surface area (Å²) in [6.45, 7) is 5.16. The van der Waals surface area contributed by atoms with Gasteiger partial charge in [-0.05, 0) is 51.7 Å². The maximum Gasteiger partial charge on any atom is 0.251 e. The molecule has 1 N–H and O–H groups in total. The number of hydrogen-bond acceptors (Lipinski definition) is 4. The lowest BCUT2D eigenvalue weighted by atomic mass is 10.2. The fourth-order valence-electron chi connectivity index (χ4n) is 3.07. The molecule has 0 atom stereocenters. The van der Waals surface area contributed by atoms with Gasteiger partial charge in [0.2, 0.25) is 5.88 Å². The number of nitrogens with zero attached hydrogens (tertiary/aromatic N) is 3. The molecule has 1 fully saturated rings. The van der Waals surface area contributed by atoms with Crippen LogP contribution >= 0.6 is 0 Å². The maximum atomic E-state index is 12.3. The van der Waals surface area contributed by atoms with Gasteiger partial charge in [0.05, 0.1) is 12.2 Å². The van der Waals surface area contributed by atoms with Crippen LogP contribution in [0.3, 0.4) is 0 Å². The summed E-state index contributed by atoms with van der Waals surface area (Å²) >= 11 is 0. The third-order valence-electron chi connectivity index (χ3n) is 4.30. The molecule has 1 aliphatic rings. The van der Waals surface area contributed by atoms with Crippen molar-refractivity contribution in [3.8, 4) is 5.88 Å². The molecule has 0 saturated heterocycles. The molecule has 3 rings (SSSR count). The molecule has 6 heteroatoms. The molecule has 2 aromatic heterocycles. The Balaban J connectivity index is 1.53. The average Bonchev–Trinajstić information content (AvgIpc) is 3.17. The third-order valence-corrected chi connectivity index (χ3v) is 4.30. The Hall–Kier alpha value is -2.37. The van der Waals surface area contributed by atoms with E-state index >= 15 is 0 Å². The topological polar surface area (TPSA) is 69.0 Å². The van der Waals surface area contributed by atoms with Gasteiger partial charge in [0.15, 0.2) is 0 Å². The van der Waals surface area contributed by atoms with Gasteiger partial charge in [0.1, 0.15) is 6.10 Å². The van der Waals surface area contributed by atoms with Gasteiger partial charge in [-0.2, -0.15) is 5.10 Å². The fraction of sp³-hybridized carbons (Fsp3) is 0.500. The standard InChI is InChI=1S/C18H24N4O2/c1-13-11-14(2)22(21-13)10-9-20-18(23)15-7-8-19-17(12-15)24-16-5-3-4-6-16/h7-8,11-12,16H,3-6,9-10H2,1-2H3,(H,20,23). The summed E-state index contributed by atoms with van der Waals surface area (Å²) in [5.74, 6) is 0.420. The van der Waals surface area contributed by atoms with E-state index in [1.807, 2.05) is 24.6 Å². The zero-order chi connectivity index (χ0) is 16.9. The zero-order valence-electron chi connectivity index (χ0n) is 14.3. The van der Waals surface area contributed by atoms with Crippen LogP contribution in [0.5, 0.6) is 5.88 Å². The van der Waals surface area contributed by atoms with Gasteiger partial charge < -0.3 is 10.1 Å². The number of hydrogen-bond donors (Lipinski definition) is 1. The molecule has 24 heavy (non-hydrogen) atoms. The molecule has 0 aliphatic heterocycles. The fourth-order valence-corrected chi connectivity index (χ4v) is 3.07. The highest BCUT2D eigenvalue weighted by Gasteiger charge is 2.17. The van der Waals surface area contributed by atoms with Crippen LogP contribution in [-0.4, -0.2) is 33.3 Å². The summed E-state index contributed by atoms with van der Waals surface area (Å²) in [4.78, 5) is 16.5. The first-order chi connectivity index (χ1) is 11.6. The summed E-state index contributed by atoms with van der Waals surface area (Å²) in [6.07, 6.45) is 6.41. The summed E-state index contributed by atoms with van der Waals surface area (Å²) in [5, 5.41) is 7.31. The predicted octanol–water partition coefficient (Wildman–Crippen LogP) is 2.65. The van der Waals surface area contributed by atoms with Gasteiger partial charge in [0, 0.05) is 30.1 Å². The monoisotopic (exact) mass is 328 g/mol. The minimum absolute atomic E-state index is 0.116. The van der Waals surface area contributed by atoms with Crippen LogP contribution < -0.4 is 10.1 Å². The van der Waals surface area contributed by atoms with Crippen LogP contribution in [0.25, 0.3) is 0 Å². The van der Waals surface area contributed by atoms with E-state index < -0.39 is 0 Å². The maximum absolute atomic E-state index is 12.3. The molecule has 0 radical (unpaired) electrons. The van der Waals surface area contributed by atoms with Crippen molar-refractivity contribution in [1.29, 1.82) is 0 Å². The Morgan fingerprint density at radius 3 is 2.83 bits per heavy atom. The van der Waals surface area contributed by atoms with Gasteiger partial charge in [-0.25, -0.2) is 4.98 Å². The first-order valence-electron chi connectivity index (χ1n) is 8.54. The van der Waals surface area contributed by atoms with Crippen molar-refractivity contribution < 1.29 is 9.53 Å². The van der Waals surface area contributed by atoms with Crippen LogP contribution in [0.1, 0.15) is 47.4 Å². The lowest BCUT2D eigenvalue weighted by Gasteiger charge is -2.12. The molecule has 6 nitrogen and oxygen atoms in total. The molecule has 2 heterocycles. The highest BCUT2D eigenvalue weighted by atomic mass is 16.5. The Bertz CT molecular complexity index is 705. The van der Waals surface area contributed by atoms with Gasteiger partial charge in [-0.3, -0.25) is 9.48 Å². The van der Waals surface area contributed by atoms with Crippen LogP contribution in [-0.2, 0) is 6.54 Å². The minimum Gasteiger partial charge on any atom is -0.474 e. The Morgan fingerprint density at radius 1 is 1.33 bits per heavy atom. The number of ether oxygens (including phenoxy) is 1. The van der Waals surface area contributed by atoms with Gasteiger partial charge in [-0.15, -0.1) is 0 Å². The highest BCUT2D eigenvalue weighted by Crippen LogP contribution is 2.23. The van der Waals surface area contributed by atoms with Crippen molar-refractivity contribution in [3.63, 3.8) is 0 Å². The Labute approximate surface area is 142 Å². The SMILES string of the molecule is Cc1cc(C)n(CCNC(=O)c2ccnc(OC3CCCC3)c2)n1. The van der Waals surface area contributed by atoms with Crippen molar-refractivity contribution in [2.45, 2.75) is 52.2 Å². The van der Waals surface area contributed by atoms with Gasteiger partial charge in [-0.1, -0.05) is 0 Å². The molecule has 0 bridgehead atoms. The molecule has 1 amide bonds. The zero-order valence-corrected chi connectivity index (χ0v) is 14.3. The van der Waals surface area contributed by atoms with E-state index in [-0.39, 0.29) is 12.0 Å². The normalized spacial score (nSPS) is 14.8. The molecular weight excluding hydrogens is 304 g/mol. The largest absolute Gasteiger partial charge is 0.474 e. The molecule has 1 saturated carbocycles. The van der Waals surface area contributed by atoms with E-state index in [9.17, 15) is 4.79 Å². The molecule has 128 valence electrons. The van der Waals surface area contributed by atoms with Crippen LogP contribution in [0.15, 0.2) is 24.4 Å². The van der Waals surface area contributed by atoms with E-state index in [4.69, 9.17) is 4.74 Å². The number of rotatable bonds is 6.